The minimum absolute atomic E-state index is 0.00854. The Labute approximate surface area is 127 Å². The summed E-state index contributed by atoms with van der Waals surface area (Å²) in [6.45, 7) is 6.69. The van der Waals surface area contributed by atoms with E-state index in [4.69, 9.17) is 5.73 Å². The molecule has 0 aliphatic heterocycles. The van der Waals surface area contributed by atoms with E-state index in [2.05, 4.69) is 19.2 Å². The zero-order chi connectivity index (χ0) is 15.8. The van der Waals surface area contributed by atoms with Crippen molar-refractivity contribution in [1.82, 2.24) is 0 Å². The van der Waals surface area contributed by atoms with E-state index in [-0.39, 0.29) is 5.91 Å². The fourth-order valence-electron chi connectivity index (χ4n) is 2.53. The zero-order valence-electron chi connectivity index (χ0n) is 13.3. The zero-order valence-corrected chi connectivity index (χ0v) is 13.3. The van der Waals surface area contributed by atoms with E-state index >= 15 is 0 Å². The highest BCUT2D eigenvalue weighted by Crippen LogP contribution is 2.24. The number of nitrogens with two attached hydrogens (primary N) is 1. The van der Waals surface area contributed by atoms with Crippen LogP contribution in [0.15, 0.2) is 24.3 Å². The molecular formula is C17H28N2O2. The van der Waals surface area contributed by atoms with Gasteiger partial charge in [-0.2, -0.15) is 0 Å². The van der Waals surface area contributed by atoms with Gasteiger partial charge in [-0.05, 0) is 44.2 Å². The predicted octanol–water partition coefficient (Wildman–Crippen LogP) is 3.08. The quantitative estimate of drug-likeness (QED) is 0.689. The summed E-state index contributed by atoms with van der Waals surface area (Å²) in [5.74, 6) is 1.00. The summed E-state index contributed by atoms with van der Waals surface area (Å²) in [6.07, 6.45) is 1.69. The molecule has 0 saturated heterocycles. The molecule has 4 N–H and O–H groups in total. The summed E-state index contributed by atoms with van der Waals surface area (Å²) in [6, 6.07) is 7.35. The van der Waals surface area contributed by atoms with Gasteiger partial charge in [0, 0.05) is 17.7 Å². The normalized spacial score (nSPS) is 14.0. The Morgan fingerprint density at radius 1 is 1.24 bits per heavy atom. The molecule has 118 valence electrons. The molecule has 0 aliphatic rings. The van der Waals surface area contributed by atoms with Gasteiger partial charge in [-0.1, -0.05) is 32.0 Å². The molecule has 4 nitrogen and oxygen atoms in total. The Balaban J connectivity index is 2.58. The lowest BCUT2D eigenvalue weighted by Crippen LogP contribution is -2.19. The van der Waals surface area contributed by atoms with Crippen LogP contribution >= 0.6 is 0 Å². The summed E-state index contributed by atoms with van der Waals surface area (Å²) >= 11 is 0. The monoisotopic (exact) mass is 292 g/mol. The number of carbonyl (C=O) groups excluding carboxylic acids is 1. The Bertz CT molecular complexity index is 444. The van der Waals surface area contributed by atoms with Crippen molar-refractivity contribution in [3.8, 4) is 0 Å². The average Bonchev–Trinajstić information content (AvgIpc) is 2.43. The molecule has 1 amide bonds. The molecule has 0 aliphatic carbocycles. The number of aliphatic hydroxyl groups excluding tert-OH is 1. The van der Waals surface area contributed by atoms with Gasteiger partial charge >= 0.3 is 0 Å². The number of hydrogen-bond donors (Lipinski definition) is 3. The van der Waals surface area contributed by atoms with Crippen molar-refractivity contribution in [2.24, 2.45) is 17.6 Å². The first-order valence-corrected chi connectivity index (χ1v) is 7.72. The standard InChI is InChI=1S/C17H28N2O2/c1-12(2)14(10-11-18)8-9-17(21)19-16-7-5-4-6-15(16)13(3)20/h4-7,12-14,20H,8-11,18H2,1-3H3,(H,19,21). The van der Waals surface area contributed by atoms with Crippen LogP contribution in [0.2, 0.25) is 0 Å². The highest BCUT2D eigenvalue weighted by atomic mass is 16.3. The summed E-state index contributed by atoms with van der Waals surface area (Å²) < 4.78 is 0. The molecule has 1 aromatic carbocycles. The number of anilines is 1. The van der Waals surface area contributed by atoms with Gasteiger partial charge in [0.2, 0.25) is 5.91 Å². The molecule has 0 fully saturated rings. The van der Waals surface area contributed by atoms with Gasteiger partial charge in [-0.25, -0.2) is 0 Å². The van der Waals surface area contributed by atoms with Gasteiger partial charge in [-0.15, -0.1) is 0 Å². The molecule has 0 spiro atoms. The number of para-hydroxylation sites is 1. The fourth-order valence-corrected chi connectivity index (χ4v) is 2.53. The van der Waals surface area contributed by atoms with E-state index in [0.717, 1.165) is 18.4 Å². The van der Waals surface area contributed by atoms with Gasteiger partial charge in [0.25, 0.3) is 0 Å². The lowest BCUT2D eigenvalue weighted by atomic mass is 9.88. The lowest BCUT2D eigenvalue weighted by Gasteiger charge is -2.20. The molecule has 2 atom stereocenters. The van der Waals surface area contributed by atoms with Crippen molar-refractivity contribution >= 4 is 11.6 Å². The molecule has 21 heavy (non-hydrogen) atoms. The Morgan fingerprint density at radius 3 is 2.48 bits per heavy atom. The third-order valence-corrected chi connectivity index (χ3v) is 3.91. The van der Waals surface area contributed by atoms with Crippen molar-refractivity contribution in [2.45, 2.75) is 46.1 Å². The Morgan fingerprint density at radius 2 is 1.90 bits per heavy atom. The highest BCUT2D eigenvalue weighted by Gasteiger charge is 2.15. The SMILES string of the molecule is CC(O)c1ccccc1NC(=O)CCC(CCN)C(C)C. The van der Waals surface area contributed by atoms with Crippen LogP contribution in [-0.2, 0) is 4.79 Å². The number of amides is 1. The summed E-state index contributed by atoms with van der Waals surface area (Å²) in [7, 11) is 0. The van der Waals surface area contributed by atoms with Crippen LogP contribution < -0.4 is 11.1 Å². The molecule has 0 saturated carbocycles. The van der Waals surface area contributed by atoms with E-state index in [1.165, 1.54) is 0 Å². The van der Waals surface area contributed by atoms with Gasteiger partial charge in [-0.3, -0.25) is 4.79 Å². The number of aliphatic hydroxyl groups is 1. The highest BCUT2D eigenvalue weighted by molar-refractivity contribution is 5.91. The molecule has 0 radical (unpaired) electrons. The van der Waals surface area contributed by atoms with E-state index in [1.807, 2.05) is 24.3 Å². The predicted molar refractivity (Wildman–Crippen MR) is 86.9 cm³/mol. The summed E-state index contributed by atoms with van der Waals surface area (Å²) in [4.78, 5) is 12.1. The second-order valence-electron chi connectivity index (χ2n) is 5.93. The Hall–Kier alpha value is -1.39. The number of benzene rings is 1. The van der Waals surface area contributed by atoms with Crippen molar-refractivity contribution in [3.63, 3.8) is 0 Å². The molecule has 1 aromatic rings. The summed E-state index contributed by atoms with van der Waals surface area (Å²) in [5.41, 5.74) is 7.06. The number of carbonyl (C=O) groups is 1. The smallest absolute Gasteiger partial charge is 0.224 e. The van der Waals surface area contributed by atoms with Gasteiger partial charge in [0.15, 0.2) is 0 Å². The largest absolute Gasteiger partial charge is 0.389 e. The minimum Gasteiger partial charge on any atom is -0.389 e. The van der Waals surface area contributed by atoms with Crippen LogP contribution in [0.3, 0.4) is 0 Å². The molecule has 0 bridgehead atoms. The third-order valence-electron chi connectivity index (χ3n) is 3.91. The third kappa shape index (κ3) is 5.86. The maximum atomic E-state index is 12.1. The number of nitrogens with one attached hydrogen (secondary N) is 1. The first kappa shape index (κ1) is 17.7. The Kier molecular flexibility index (Phi) is 7.40. The topological polar surface area (TPSA) is 75.3 Å². The first-order chi connectivity index (χ1) is 9.95. The molecular weight excluding hydrogens is 264 g/mol. The van der Waals surface area contributed by atoms with E-state index in [0.29, 0.717) is 30.5 Å². The van der Waals surface area contributed by atoms with Crippen molar-refractivity contribution in [3.05, 3.63) is 29.8 Å². The van der Waals surface area contributed by atoms with Crippen molar-refractivity contribution < 1.29 is 9.90 Å². The minimum atomic E-state index is -0.595. The molecule has 1 rings (SSSR count). The van der Waals surface area contributed by atoms with Crippen LogP contribution in [0.1, 0.15) is 51.7 Å². The first-order valence-electron chi connectivity index (χ1n) is 7.72. The lowest BCUT2D eigenvalue weighted by molar-refractivity contribution is -0.116. The van der Waals surface area contributed by atoms with Crippen molar-refractivity contribution in [1.29, 1.82) is 0 Å². The van der Waals surface area contributed by atoms with Gasteiger partial charge in [0.05, 0.1) is 6.10 Å². The van der Waals surface area contributed by atoms with E-state index in [9.17, 15) is 9.90 Å². The molecule has 2 unspecified atom stereocenters. The van der Waals surface area contributed by atoms with E-state index < -0.39 is 6.10 Å². The van der Waals surface area contributed by atoms with Gasteiger partial charge < -0.3 is 16.2 Å². The van der Waals surface area contributed by atoms with Crippen LogP contribution in [0.5, 0.6) is 0 Å². The van der Waals surface area contributed by atoms with E-state index in [1.54, 1.807) is 6.92 Å². The maximum absolute atomic E-state index is 12.1. The second kappa shape index (κ2) is 8.80. The maximum Gasteiger partial charge on any atom is 0.224 e. The molecule has 4 heteroatoms. The fraction of sp³-hybridized carbons (Fsp3) is 0.588. The summed E-state index contributed by atoms with van der Waals surface area (Å²) in [5, 5.41) is 12.6. The average molecular weight is 292 g/mol. The second-order valence-corrected chi connectivity index (χ2v) is 5.93. The van der Waals surface area contributed by atoms with Crippen LogP contribution in [-0.4, -0.2) is 17.6 Å². The molecule has 0 aromatic heterocycles. The van der Waals surface area contributed by atoms with Crippen LogP contribution in [0, 0.1) is 11.8 Å². The number of hydrogen-bond acceptors (Lipinski definition) is 3. The van der Waals surface area contributed by atoms with Crippen LogP contribution in [0.25, 0.3) is 0 Å². The van der Waals surface area contributed by atoms with Crippen LogP contribution in [0.4, 0.5) is 5.69 Å². The van der Waals surface area contributed by atoms with Crippen molar-refractivity contribution in [2.75, 3.05) is 11.9 Å². The number of rotatable bonds is 8. The van der Waals surface area contributed by atoms with Gasteiger partial charge in [0.1, 0.15) is 0 Å². The molecule has 0 heterocycles.